The van der Waals surface area contributed by atoms with Crippen LogP contribution in [0.4, 0.5) is 0 Å². The highest BCUT2D eigenvalue weighted by molar-refractivity contribution is 5.11. The molecule has 1 atom stereocenters. The third-order valence-corrected chi connectivity index (χ3v) is 2.16. The van der Waals surface area contributed by atoms with E-state index < -0.39 is 0 Å². The Morgan fingerprint density at radius 3 is 2.83 bits per heavy atom. The molecule has 0 amide bonds. The maximum absolute atomic E-state index is 2.33. The second kappa shape index (κ2) is 4.97. The smallest absolute Gasteiger partial charge is 0.0193 e. The molecule has 0 aromatic carbocycles. The maximum Gasteiger partial charge on any atom is -0.0193 e. The highest BCUT2D eigenvalue weighted by atomic mass is 14.1. The van der Waals surface area contributed by atoms with Crippen LogP contribution in [-0.2, 0) is 0 Å². The summed E-state index contributed by atoms with van der Waals surface area (Å²) < 4.78 is 0. The highest BCUT2D eigenvalue weighted by Gasteiger charge is 2.02. The summed E-state index contributed by atoms with van der Waals surface area (Å²) in [7, 11) is 0. The van der Waals surface area contributed by atoms with Crippen molar-refractivity contribution < 1.29 is 0 Å². The van der Waals surface area contributed by atoms with Crippen molar-refractivity contribution in [3.8, 4) is 0 Å². The van der Waals surface area contributed by atoms with E-state index in [-0.39, 0.29) is 0 Å². The first-order valence-corrected chi connectivity index (χ1v) is 4.76. The summed E-state index contributed by atoms with van der Waals surface area (Å²) in [5.74, 6) is 0.783. The molecule has 0 aliphatic heterocycles. The minimum atomic E-state index is 0.783. The Morgan fingerprint density at radius 1 is 1.42 bits per heavy atom. The summed E-state index contributed by atoms with van der Waals surface area (Å²) in [5.41, 5.74) is 1.44. The Bertz CT molecular complexity index is 202. The van der Waals surface area contributed by atoms with Crippen molar-refractivity contribution in [1.29, 1.82) is 0 Å². The minimum Gasteiger partial charge on any atom is -0.0859 e. The van der Waals surface area contributed by atoms with Gasteiger partial charge < -0.3 is 0 Å². The zero-order valence-corrected chi connectivity index (χ0v) is 8.09. The fourth-order valence-electron chi connectivity index (χ4n) is 1.43. The van der Waals surface area contributed by atoms with Gasteiger partial charge in [-0.3, -0.25) is 0 Å². The normalized spacial score (nSPS) is 21.0. The van der Waals surface area contributed by atoms with Crippen LogP contribution in [0.15, 0.2) is 36.0 Å². The Morgan fingerprint density at radius 2 is 2.25 bits per heavy atom. The Hall–Kier alpha value is -0.780. The summed E-state index contributed by atoms with van der Waals surface area (Å²) in [6.45, 7) is 4.33. The Balaban J connectivity index is 2.20. The molecule has 0 saturated heterocycles. The molecule has 0 spiro atoms. The SMILES string of the molecule is CC(C)=CCCC1C=CC=CC1. The topological polar surface area (TPSA) is 0 Å². The molecule has 0 saturated carbocycles. The van der Waals surface area contributed by atoms with Gasteiger partial charge in [0.05, 0.1) is 0 Å². The van der Waals surface area contributed by atoms with Crippen LogP contribution in [0, 0.1) is 5.92 Å². The van der Waals surface area contributed by atoms with E-state index in [1.165, 1.54) is 24.8 Å². The van der Waals surface area contributed by atoms with E-state index in [1.807, 2.05) is 0 Å². The molecule has 1 aliphatic rings. The van der Waals surface area contributed by atoms with Gasteiger partial charge in [0.25, 0.3) is 0 Å². The van der Waals surface area contributed by atoms with Crippen molar-refractivity contribution in [1.82, 2.24) is 0 Å². The summed E-state index contributed by atoms with van der Waals surface area (Å²) in [6.07, 6.45) is 15.0. The lowest BCUT2D eigenvalue weighted by atomic mass is 9.95. The van der Waals surface area contributed by atoms with Crippen LogP contribution < -0.4 is 0 Å². The molecule has 0 aromatic rings. The summed E-state index contributed by atoms with van der Waals surface area (Å²) in [6, 6.07) is 0. The first-order chi connectivity index (χ1) is 5.79. The van der Waals surface area contributed by atoms with E-state index in [0.29, 0.717) is 0 Å². The van der Waals surface area contributed by atoms with Gasteiger partial charge in [-0.1, -0.05) is 36.0 Å². The lowest BCUT2D eigenvalue weighted by molar-refractivity contribution is 0.601. The molecule has 0 bridgehead atoms. The number of rotatable bonds is 3. The van der Waals surface area contributed by atoms with Crippen molar-refractivity contribution in [3.05, 3.63) is 36.0 Å². The van der Waals surface area contributed by atoms with E-state index in [1.54, 1.807) is 0 Å². The van der Waals surface area contributed by atoms with Gasteiger partial charge in [-0.05, 0) is 39.0 Å². The van der Waals surface area contributed by atoms with Crippen LogP contribution >= 0.6 is 0 Å². The van der Waals surface area contributed by atoms with Crippen molar-refractivity contribution in [3.63, 3.8) is 0 Å². The van der Waals surface area contributed by atoms with Gasteiger partial charge in [0.2, 0.25) is 0 Å². The predicted molar refractivity (Wildman–Crippen MR) is 55.1 cm³/mol. The fraction of sp³-hybridized carbons (Fsp3) is 0.500. The molecule has 0 N–H and O–H groups in total. The van der Waals surface area contributed by atoms with Gasteiger partial charge in [-0.15, -0.1) is 0 Å². The number of hydrogen-bond donors (Lipinski definition) is 0. The van der Waals surface area contributed by atoms with Crippen molar-refractivity contribution in [2.45, 2.75) is 33.1 Å². The van der Waals surface area contributed by atoms with Crippen LogP contribution in [0.1, 0.15) is 33.1 Å². The minimum absolute atomic E-state index is 0.783. The summed E-state index contributed by atoms with van der Waals surface area (Å²) >= 11 is 0. The predicted octanol–water partition coefficient (Wildman–Crippen LogP) is 3.87. The molecule has 0 heterocycles. The molecule has 0 radical (unpaired) electrons. The molecule has 0 fully saturated rings. The molecule has 12 heavy (non-hydrogen) atoms. The van der Waals surface area contributed by atoms with Gasteiger partial charge in [-0.25, -0.2) is 0 Å². The number of hydrogen-bond acceptors (Lipinski definition) is 0. The maximum atomic E-state index is 2.33. The fourth-order valence-corrected chi connectivity index (χ4v) is 1.43. The monoisotopic (exact) mass is 162 g/mol. The highest BCUT2D eigenvalue weighted by Crippen LogP contribution is 2.17. The summed E-state index contributed by atoms with van der Waals surface area (Å²) in [4.78, 5) is 0. The lowest BCUT2D eigenvalue weighted by Gasteiger charge is -2.10. The first-order valence-electron chi connectivity index (χ1n) is 4.76. The van der Waals surface area contributed by atoms with Gasteiger partial charge in [0, 0.05) is 0 Å². The van der Waals surface area contributed by atoms with E-state index in [0.717, 1.165) is 5.92 Å². The van der Waals surface area contributed by atoms with Crippen molar-refractivity contribution in [2.75, 3.05) is 0 Å². The molecule has 1 aliphatic carbocycles. The van der Waals surface area contributed by atoms with E-state index in [2.05, 4.69) is 44.2 Å². The molecule has 0 aromatic heterocycles. The van der Waals surface area contributed by atoms with Gasteiger partial charge >= 0.3 is 0 Å². The third-order valence-electron chi connectivity index (χ3n) is 2.16. The van der Waals surface area contributed by atoms with Gasteiger partial charge in [0.15, 0.2) is 0 Å². The second-order valence-electron chi connectivity index (χ2n) is 3.67. The van der Waals surface area contributed by atoms with Crippen LogP contribution in [0.2, 0.25) is 0 Å². The van der Waals surface area contributed by atoms with Crippen LogP contribution in [0.3, 0.4) is 0 Å². The largest absolute Gasteiger partial charge is 0.0859 e. The van der Waals surface area contributed by atoms with Crippen LogP contribution in [-0.4, -0.2) is 0 Å². The summed E-state index contributed by atoms with van der Waals surface area (Å²) in [5, 5.41) is 0. The zero-order chi connectivity index (χ0) is 8.81. The van der Waals surface area contributed by atoms with Gasteiger partial charge in [-0.2, -0.15) is 0 Å². The van der Waals surface area contributed by atoms with E-state index >= 15 is 0 Å². The quantitative estimate of drug-likeness (QED) is 0.553. The van der Waals surface area contributed by atoms with Crippen LogP contribution in [0.5, 0.6) is 0 Å². The molecule has 1 unspecified atom stereocenters. The van der Waals surface area contributed by atoms with E-state index in [4.69, 9.17) is 0 Å². The Kier molecular flexibility index (Phi) is 3.86. The third kappa shape index (κ3) is 3.56. The molecular formula is C12H18. The molecular weight excluding hydrogens is 144 g/mol. The molecule has 66 valence electrons. The number of allylic oxidation sites excluding steroid dienone is 6. The van der Waals surface area contributed by atoms with E-state index in [9.17, 15) is 0 Å². The van der Waals surface area contributed by atoms with Crippen LogP contribution in [0.25, 0.3) is 0 Å². The molecule has 0 heteroatoms. The Labute approximate surface area is 75.7 Å². The molecule has 1 rings (SSSR count). The molecule has 0 nitrogen and oxygen atoms in total. The standard InChI is InChI=1S/C12H18/c1-11(2)7-6-10-12-8-4-3-5-9-12/h3-5,7-8,12H,6,9-10H2,1-2H3. The van der Waals surface area contributed by atoms with Crippen molar-refractivity contribution >= 4 is 0 Å². The van der Waals surface area contributed by atoms with Crippen molar-refractivity contribution in [2.24, 2.45) is 5.92 Å². The first kappa shape index (κ1) is 9.31. The average Bonchev–Trinajstić information content (AvgIpc) is 2.05. The average molecular weight is 162 g/mol. The lowest BCUT2D eigenvalue weighted by Crippen LogP contribution is -1.96. The zero-order valence-electron chi connectivity index (χ0n) is 8.09. The second-order valence-corrected chi connectivity index (χ2v) is 3.67. The van der Waals surface area contributed by atoms with Gasteiger partial charge in [0.1, 0.15) is 0 Å².